The molecule has 0 unspecified atom stereocenters. The van der Waals surface area contributed by atoms with Crippen LogP contribution in [0.25, 0.3) is 98.0 Å². The third kappa shape index (κ3) is 3.85. The third-order valence-electron chi connectivity index (χ3n) is 11.8. The van der Waals surface area contributed by atoms with Crippen LogP contribution in [-0.4, -0.2) is 0 Å². The predicted molar refractivity (Wildman–Crippen MR) is 220 cm³/mol. The molecule has 0 heterocycles. The van der Waals surface area contributed by atoms with E-state index in [2.05, 4.69) is 184 Å². The Bertz CT molecular complexity index is 3010. The fourth-order valence-corrected chi connectivity index (χ4v) is 9.57. The summed E-state index contributed by atoms with van der Waals surface area (Å²) in [6.07, 6.45) is 0. The van der Waals surface area contributed by atoms with E-state index in [1.807, 2.05) is 0 Å². The van der Waals surface area contributed by atoms with Crippen molar-refractivity contribution < 1.29 is 0 Å². The minimum Gasteiger partial charge on any atom is -0.0619 e. The van der Waals surface area contributed by atoms with E-state index in [4.69, 9.17) is 0 Å². The summed E-state index contributed by atoms with van der Waals surface area (Å²) in [7, 11) is 0. The van der Waals surface area contributed by atoms with Crippen molar-refractivity contribution >= 4 is 64.6 Å². The number of hydrogen-bond donors (Lipinski definition) is 0. The molecule has 0 radical (unpaired) electrons. The molecule has 0 bridgehead atoms. The zero-order valence-corrected chi connectivity index (χ0v) is 28.7. The molecule has 10 aromatic rings. The summed E-state index contributed by atoms with van der Waals surface area (Å²) in [5, 5.41) is 15.6. The summed E-state index contributed by atoms with van der Waals surface area (Å²) in [4.78, 5) is 0. The van der Waals surface area contributed by atoms with Crippen LogP contribution in [0.2, 0.25) is 0 Å². The highest BCUT2D eigenvalue weighted by Crippen LogP contribution is 2.52. The molecule has 0 spiro atoms. The maximum atomic E-state index is 2.44. The molecule has 0 heteroatoms. The zero-order chi connectivity index (χ0) is 33.8. The minimum absolute atomic E-state index is 0.0959. The molecule has 51 heavy (non-hydrogen) atoms. The smallest absolute Gasteiger partial charge is 0.0159 e. The van der Waals surface area contributed by atoms with Gasteiger partial charge in [-0.1, -0.05) is 178 Å². The van der Waals surface area contributed by atoms with Crippen LogP contribution in [0.4, 0.5) is 0 Å². The topological polar surface area (TPSA) is 0 Å². The van der Waals surface area contributed by atoms with Crippen molar-refractivity contribution in [1.82, 2.24) is 0 Å². The standard InChI is InChI=1S/C51H34/c1-51(2)46-24-12-11-18-37(46)43-28-29-44(42-23-13-25-47(51)50(42)43)49-40-21-9-7-19-38(40)48(39-20-8-10-22-41(39)49)31-26-27-36-34-16-4-3-14-32(34)33-15-5-6-17-35(33)45(36)30-31/h3-30H,1-2H3. The van der Waals surface area contributed by atoms with Gasteiger partial charge in [0.2, 0.25) is 0 Å². The molecular weight excluding hydrogens is 613 g/mol. The van der Waals surface area contributed by atoms with Crippen LogP contribution in [0.3, 0.4) is 0 Å². The molecule has 10 aromatic carbocycles. The van der Waals surface area contributed by atoms with Crippen LogP contribution in [0.5, 0.6) is 0 Å². The summed E-state index contributed by atoms with van der Waals surface area (Å²) >= 11 is 0. The SMILES string of the molecule is CC1(C)c2ccccc2-c2ccc(-c3c4ccccc4c(-c4ccc5c6ccccc6c6ccccc6c5c4)c4ccccc34)c3cccc1c23. The van der Waals surface area contributed by atoms with Crippen molar-refractivity contribution in [2.24, 2.45) is 0 Å². The van der Waals surface area contributed by atoms with Gasteiger partial charge in [0.15, 0.2) is 0 Å². The lowest BCUT2D eigenvalue weighted by molar-refractivity contribution is 0.645. The molecule has 238 valence electrons. The largest absolute Gasteiger partial charge is 0.0619 e. The highest BCUT2D eigenvalue weighted by atomic mass is 14.4. The van der Waals surface area contributed by atoms with Gasteiger partial charge in [0.1, 0.15) is 0 Å². The van der Waals surface area contributed by atoms with Gasteiger partial charge < -0.3 is 0 Å². The van der Waals surface area contributed by atoms with Gasteiger partial charge in [-0.15, -0.1) is 0 Å². The minimum atomic E-state index is -0.0959. The van der Waals surface area contributed by atoms with Crippen molar-refractivity contribution in [3.63, 3.8) is 0 Å². The third-order valence-corrected chi connectivity index (χ3v) is 11.8. The maximum absolute atomic E-state index is 2.44. The Labute approximate surface area is 297 Å². The first-order valence-corrected chi connectivity index (χ1v) is 18.0. The summed E-state index contributed by atoms with van der Waals surface area (Å²) in [6.45, 7) is 4.76. The molecule has 0 N–H and O–H groups in total. The fourth-order valence-electron chi connectivity index (χ4n) is 9.57. The summed E-state index contributed by atoms with van der Waals surface area (Å²) in [5.74, 6) is 0. The Hall–Kier alpha value is -6.24. The number of fused-ring (bicyclic) bond motifs is 10. The molecule has 0 aromatic heterocycles. The number of benzene rings is 10. The quantitative estimate of drug-likeness (QED) is 0.129. The normalized spacial score (nSPS) is 13.5. The average Bonchev–Trinajstić information content (AvgIpc) is 3.19. The van der Waals surface area contributed by atoms with E-state index >= 15 is 0 Å². The van der Waals surface area contributed by atoms with Gasteiger partial charge in [-0.25, -0.2) is 0 Å². The van der Waals surface area contributed by atoms with Crippen molar-refractivity contribution in [3.05, 3.63) is 181 Å². The lowest BCUT2D eigenvalue weighted by atomic mass is 9.68. The van der Waals surface area contributed by atoms with Gasteiger partial charge in [-0.2, -0.15) is 0 Å². The van der Waals surface area contributed by atoms with E-state index < -0.39 is 0 Å². The van der Waals surface area contributed by atoms with E-state index in [9.17, 15) is 0 Å². The molecule has 0 amide bonds. The highest BCUT2D eigenvalue weighted by Gasteiger charge is 2.33. The molecule has 1 aliphatic rings. The van der Waals surface area contributed by atoms with E-state index in [-0.39, 0.29) is 5.41 Å². The van der Waals surface area contributed by atoms with Gasteiger partial charge in [0, 0.05) is 5.41 Å². The van der Waals surface area contributed by atoms with Crippen LogP contribution in [-0.2, 0) is 5.41 Å². The molecule has 0 saturated heterocycles. The lowest BCUT2D eigenvalue weighted by Crippen LogP contribution is -2.23. The molecule has 0 nitrogen and oxygen atoms in total. The average molecular weight is 647 g/mol. The van der Waals surface area contributed by atoms with Crippen LogP contribution in [0.1, 0.15) is 25.0 Å². The summed E-state index contributed by atoms with van der Waals surface area (Å²) < 4.78 is 0. The fraction of sp³-hybridized carbons (Fsp3) is 0.0588. The second-order valence-electron chi connectivity index (χ2n) is 14.8. The number of rotatable bonds is 2. The van der Waals surface area contributed by atoms with Crippen LogP contribution < -0.4 is 0 Å². The Kier molecular flexibility index (Phi) is 5.82. The molecule has 1 aliphatic carbocycles. The second kappa shape index (κ2) is 10.4. The predicted octanol–water partition coefficient (Wildman–Crippen LogP) is 14.2. The van der Waals surface area contributed by atoms with Crippen LogP contribution in [0, 0.1) is 0 Å². The zero-order valence-electron chi connectivity index (χ0n) is 28.7. The molecular formula is C51H34. The van der Waals surface area contributed by atoms with E-state index in [1.54, 1.807) is 0 Å². The van der Waals surface area contributed by atoms with E-state index in [1.165, 1.54) is 109 Å². The molecule has 0 fully saturated rings. The molecule has 11 rings (SSSR count). The van der Waals surface area contributed by atoms with Crippen molar-refractivity contribution in [1.29, 1.82) is 0 Å². The molecule has 0 aliphatic heterocycles. The van der Waals surface area contributed by atoms with Crippen LogP contribution >= 0.6 is 0 Å². The Balaban J connectivity index is 1.24. The van der Waals surface area contributed by atoms with Crippen molar-refractivity contribution in [2.45, 2.75) is 19.3 Å². The summed E-state index contributed by atoms with van der Waals surface area (Å²) in [6, 6.07) is 63.7. The second-order valence-corrected chi connectivity index (χ2v) is 14.8. The molecule has 0 atom stereocenters. The molecule has 0 saturated carbocycles. The number of hydrogen-bond acceptors (Lipinski definition) is 0. The van der Waals surface area contributed by atoms with E-state index in [0.717, 1.165) is 0 Å². The van der Waals surface area contributed by atoms with Gasteiger partial charge in [-0.3, -0.25) is 0 Å². The van der Waals surface area contributed by atoms with Gasteiger partial charge in [0.25, 0.3) is 0 Å². The van der Waals surface area contributed by atoms with Crippen molar-refractivity contribution in [2.75, 3.05) is 0 Å². The monoisotopic (exact) mass is 646 g/mol. The Morgan fingerprint density at radius 1 is 0.294 bits per heavy atom. The van der Waals surface area contributed by atoms with Gasteiger partial charge in [0.05, 0.1) is 0 Å². The van der Waals surface area contributed by atoms with Crippen LogP contribution in [0.15, 0.2) is 170 Å². The van der Waals surface area contributed by atoms with E-state index in [0.29, 0.717) is 0 Å². The lowest BCUT2D eigenvalue weighted by Gasteiger charge is -2.35. The summed E-state index contributed by atoms with van der Waals surface area (Å²) in [5.41, 5.74) is 10.5. The Morgan fingerprint density at radius 2 is 0.745 bits per heavy atom. The first-order chi connectivity index (χ1) is 25.1. The van der Waals surface area contributed by atoms with Gasteiger partial charge >= 0.3 is 0 Å². The first kappa shape index (κ1) is 28.6. The highest BCUT2D eigenvalue weighted by molar-refractivity contribution is 6.28. The van der Waals surface area contributed by atoms with Crippen molar-refractivity contribution in [3.8, 4) is 33.4 Å². The maximum Gasteiger partial charge on any atom is 0.0159 e. The first-order valence-electron chi connectivity index (χ1n) is 18.0. The Morgan fingerprint density at radius 3 is 1.37 bits per heavy atom. The van der Waals surface area contributed by atoms with Gasteiger partial charge in [-0.05, 0) is 115 Å².